The average molecular weight is 307 g/mol. The number of rotatable bonds is 0. The third-order valence-corrected chi connectivity index (χ3v) is 2.22. The van der Waals surface area contributed by atoms with Gasteiger partial charge in [-0.05, 0) is 5.57 Å². The molecular formula is C12H11BrFeO. The van der Waals surface area contributed by atoms with Gasteiger partial charge in [-0.3, -0.25) is 0 Å². The second-order valence-corrected chi connectivity index (χ2v) is 3.75. The molecule has 0 N–H and O–H groups in total. The predicted octanol–water partition coefficient (Wildman–Crippen LogP) is 2.91. The van der Waals surface area contributed by atoms with E-state index < -0.39 is 0 Å². The van der Waals surface area contributed by atoms with Crippen LogP contribution in [-0.4, -0.2) is 0 Å². The fourth-order valence-electron chi connectivity index (χ4n) is 0.959. The van der Waals surface area contributed by atoms with E-state index in [2.05, 4.69) is 15.9 Å². The van der Waals surface area contributed by atoms with E-state index in [1.807, 2.05) is 48.6 Å². The van der Waals surface area contributed by atoms with E-state index in [0.29, 0.717) is 0 Å². The molecule has 0 saturated carbocycles. The molecule has 0 amide bonds. The smallest absolute Gasteiger partial charge is 0.875 e. The molecule has 1 aromatic rings. The molecule has 0 spiro atoms. The van der Waals surface area contributed by atoms with Crippen LogP contribution in [0.3, 0.4) is 0 Å². The molecular weight excluding hydrogens is 296 g/mol. The van der Waals surface area contributed by atoms with Crippen LogP contribution in [0.15, 0.2) is 64.4 Å². The van der Waals surface area contributed by atoms with Gasteiger partial charge in [0.25, 0.3) is 0 Å². The van der Waals surface area contributed by atoms with Crippen molar-refractivity contribution in [3.63, 3.8) is 0 Å². The molecule has 80 valence electrons. The first-order chi connectivity index (χ1) is 6.70. The number of hydrogen-bond acceptors (Lipinski definition) is 1. The van der Waals surface area contributed by atoms with Gasteiger partial charge in [0.15, 0.2) is 0 Å². The average Bonchev–Trinajstić information content (AvgIpc) is 2.75. The maximum atomic E-state index is 10.5. The predicted molar refractivity (Wildman–Crippen MR) is 60.7 cm³/mol. The SMILES string of the molecule is Brc1ccc[cH-]1.CC([O-])=C1C=CC=C1.[Fe+2]. The second kappa shape index (κ2) is 7.63. The van der Waals surface area contributed by atoms with Crippen LogP contribution in [-0.2, 0) is 17.1 Å². The molecule has 0 fully saturated rings. The summed E-state index contributed by atoms with van der Waals surface area (Å²) in [7, 11) is 0. The summed E-state index contributed by atoms with van der Waals surface area (Å²) in [4.78, 5) is 0. The Morgan fingerprint density at radius 2 is 1.93 bits per heavy atom. The van der Waals surface area contributed by atoms with E-state index in [-0.39, 0.29) is 22.8 Å². The maximum absolute atomic E-state index is 10.5. The molecule has 2 rings (SSSR count). The van der Waals surface area contributed by atoms with E-state index in [9.17, 15) is 5.11 Å². The van der Waals surface area contributed by atoms with Crippen LogP contribution in [0.5, 0.6) is 0 Å². The van der Waals surface area contributed by atoms with Gasteiger partial charge in [0.2, 0.25) is 0 Å². The molecule has 0 heterocycles. The topological polar surface area (TPSA) is 23.1 Å². The Bertz CT molecular complexity index is 343. The summed E-state index contributed by atoms with van der Waals surface area (Å²) >= 11 is 3.28. The summed E-state index contributed by atoms with van der Waals surface area (Å²) < 4.78 is 1.16. The normalized spacial score (nSPS) is 11.7. The van der Waals surface area contributed by atoms with E-state index in [4.69, 9.17) is 0 Å². The van der Waals surface area contributed by atoms with Crippen LogP contribution in [0.1, 0.15) is 6.92 Å². The number of hydrogen-bond donors (Lipinski definition) is 0. The Balaban J connectivity index is 0.000000253. The van der Waals surface area contributed by atoms with E-state index in [1.54, 1.807) is 6.92 Å². The second-order valence-electron chi connectivity index (χ2n) is 2.83. The van der Waals surface area contributed by atoms with Crippen LogP contribution < -0.4 is 5.11 Å². The minimum Gasteiger partial charge on any atom is -0.875 e. The monoisotopic (exact) mass is 306 g/mol. The van der Waals surface area contributed by atoms with Crippen molar-refractivity contribution in [2.24, 2.45) is 0 Å². The summed E-state index contributed by atoms with van der Waals surface area (Å²) in [6.45, 7) is 1.56. The molecule has 0 unspecified atom stereocenters. The zero-order valence-electron chi connectivity index (χ0n) is 8.26. The third kappa shape index (κ3) is 5.73. The Hall–Kier alpha value is -0.631. The Labute approximate surface area is 109 Å². The van der Waals surface area contributed by atoms with Crippen molar-refractivity contribution in [1.29, 1.82) is 0 Å². The van der Waals surface area contributed by atoms with Crippen molar-refractivity contribution < 1.29 is 22.2 Å². The molecule has 15 heavy (non-hydrogen) atoms. The largest absolute Gasteiger partial charge is 2.00 e. The van der Waals surface area contributed by atoms with Gasteiger partial charge in [0, 0.05) is 0 Å². The van der Waals surface area contributed by atoms with Gasteiger partial charge in [-0.2, -0.15) is 18.2 Å². The molecule has 0 bridgehead atoms. The zero-order valence-corrected chi connectivity index (χ0v) is 10.9. The molecule has 0 radical (unpaired) electrons. The molecule has 1 nitrogen and oxygen atoms in total. The fraction of sp³-hybridized carbons (Fsp3) is 0.0833. The van der Waals surface area contributed by atoms with E-state index in [1.165, 1.54) is 0 Å². The quantitative estimate of drug-likeness (QED) is 0.410. The van der Waals surface area contributed by atoms with Gasteiger partial charge in [-0.25, -0.2) is 6.07 Å². The molecule has 0 aromatic heterocycles. The standard InChI is InChI=1S/C7H8O.C5H4Br.Fe/c1-6(8)7-4-2-3-5-7;6-5-3-1-2-4-5;/h2-5,8H,1H3;1-4H;/q;-1;+2/p-1. The summed E-state index contributed by atoms with van der Waals surface area (Å²) in [5.41, 5.74) is 0.796. The van der Waals surface area contributed by atoms with Crippen molar-refractivity contribution in [3.05, 3.63) is 64.4 Å². The van der Waals surface area contributed by atoms with Crippen LogP contribution in [0, 0.1) is 0 Å². The molecule has 3 heteroatoms. The van der Waals surface area contributed by atoms with Gasteiger partial charge in [0.05, 0.1) is 0 Å². The molecule has 1 aliphatic rings. The van der Waals surface area contributed by atoms with Crippen LogP contribution in [0.2, 0.25) is 0 Å². The number of allylic oxidation sites excluding steroid dienone is 6. The van der Waals surface area contributed by atoms with E-state index >= 15 is 0 Å². The summed E-state index contributed by atoms with van der Waals surface area (Å²) in [6, 6.07) is 7.98. The molecule has 0 atom stereocenters. The molecule has 1 aromatic carbocycles. The number of halogens is 1. The summed E-state index contributed by atoms with van der Waals surface area (Å²) in [6.07, 6.45) is 7.33. The Morgan fingerprint density at radius 3 is 2.13 bits per heavy atom. The minimum atomic E-state index is 0. The molecule has 0 saturated heterocycles. The maximum Gasteiger partial charge on any atom is 2.00 e. The summed E-state index contributed by atoms with van der Waals surface area (Å²) in [5, 5.41) is 10.5. The van der Waals surface area contributed by atoms with Gasteiger partial charge < -0.3 is 5.11 Å². The first-order valence-electron chi connectivity index (χ1n) is 4.30. The minimum absolute atomic E-state index is 0. The molecule has 0 aliphatic heterocycles. The van der Waals surface area contributed by atoms with Crippen molar-refractivity contribution in [2.75, 3.05) is 0 Å². The van der Waals surface area contributed by atoms with Crippen LogP contribution in [0.25, 0.3) is 0 Å². The van der Waals surface area contributed by atoms with Crippen molar-refractivity contribution in [1.82, 2.24) is 0 Å². The molecule has 1 aliphatic carbocycles. The van der Waals surface area contributed by atoms with Gasteiger partial charge in [-0.15, -0.1) is 10.2 Å². The van der Waals surface area contributed by atoms with Gasteiger partial charge >= 0.3 is 17.1 Å². The van der Waals surface area contributed by atoms with E-state index in [0.717, 1.165) is 10.0 Å². The van der Waals surface area contributed by atoms with Crippen molar-refractivity contribution in [2.45, 2.75) is 6.92 Å². The Kier molecular flexibility index (Phi) is 7.31. The third-order valence-electron chi connectivity index (χ3n) is 1.69. The van der Waals surface area contributed by atoms with Crippen molar-refractivity contribution in [3.8, 4) is 0 Å². The van der Waals surface area contributed by atoms with Crippen molar-refractivity contribution >= 4 is 15.9 Å². The van der Waals surface area contributed by atoms with Crippen LogP contribution >= 0.6 is 15.9 Å². The first-order valence-corrected chi connectivity index (χ1v) is 5.09. The Morgan fingerprint density at radius 1 is 1.33 bits per heavy atom. The van der Waals surface area contributed by atoms with Crippen LogP contribution in [0.4, 0.5) is 0 Å². The van der Waals surface area contributed by atoms with Gasteiger partial charge in [-0.1, -0.05) is 47.2 Å². The first kappa shape index (κ1) is 14.4. The summed E-state index contributed by atoms with van der Waals surface area (Å²) in [5.74, 6) is 0.134. The van der Waals surface area contributed by atoms with Gasteiger partial charge in [0.1, 0.15) is 0 Å². The zero-order chi connectivity index (χ0) is 10.4. The fourth-order valence-corrected chi connectivity index (χ4v) is 1.26.